The van der Waals surface area contributed by atoms with E-state index < -0.39 is 0 Å². The predicted molar refractivity (Wildman–Crippen MR) is 59.3 cm³/mol. The normalized spacial score (nSPS) is 15.5. The smallest absolute Gasteiger partial charge is 0.210 e. The molecule has 0 aromatic heterocycles. The van der Waals surface area contributed by atoms with Crippen LogP contribution in [0.15, 0.2) is 15.6 Å². The summed E-state index contributed by atoms with van der Waals surface area (Å²) in [5.41, 5.74) is 0.879. The maximum Gasteiger partial charge on any atom is 0.210 e. The van der Waals surface area contributed by atoms with E-state index in [-0.39, 0.29) is 6.04 Å². The monoisotopic (exact) mass is 246 g/mol. The number of hydrogen-bond donors (Lipinski definition) is 0. The second-order valence-corrected chi connectivity index (χ2v) is 4.08. The third kappa shape index (κ3) is 4.22. The average Bonchev–Trinajstić information content (AvgIpc) is 2.11. The fraction of sp³-hybridized carbons (Fsp3) is 0.556. The third-order valence-electron chi connectivity index (χ3n) is 1.81. The van der Waals surface area contributed by atoms with Crippen LogP contribution < -0.4 is 0 Å². The van der Waals surface area contributed by atoms with E-state index in [4.69, 9.17) is 0 Å². The number of rotatable bonds is 4. The molecule has 0 saturated heterocycles. The molecular weight excluding hydrogens is 232 g/mol. The first-order valence-electron chi connectivity index (χ1n) is 4.00. The van der Waals surface area contributed by atoms with Crippen molar-refractivity contribution in [2.75, 3.05) is 14.1 Å². The van der Waals surface area contributed by atoms with Crippen molar-refractivity contribution in [3.05, 3.63) is 10.6 Å². The van der Waals surface area contributed by atoms with Gasteiger partial charge in [0.25, 0.3) is 0 Å². The predicted octanol–water partition coefficient (Wildman–Crippen LogP) is 1.83. The number of halogens is 1. The first-order chi connectivity index (χ1) is 6.02. The number of carbonyl (C=O) groups excluding carboxylic acids is 1. The lowest BCUT2D eigenvalue weighted by Gasteiger charge is -2.20. The van der Waals surface area contributed by atoms with Crippen LogP contribution >= 0.6 is 15.9 Å². The van der Waals surface area contributed by atoms with Gasteiger partial charge in [-0.15, -0.1) is 0 Å². The summed E-state index contributed by atoms with van der Waals surface area (Å²) in [6.07, 6.45) is 2.71. The molecule has 0 heterocycles. The van der Waals surface area contributed by atoms with Crippen molar-refractivity contribution in [2.45, 2.75) is 19.9 Å². The van der Waals surface area contributed by atoms with Crippen molar-refractivity contribution in [3.8, 4) is 0 Å². The Labute approximate surface area is 87.7 Å². The Morgan fingerprint density at radius 3 is 2.46 bits per heavy atom. The molecular formula is C9H15BrN2O. The van der Waals surface area contributed by atoms with Gasteiger partial charge in [-0.25, -0.2) is 0 Å². The minimum absolute atomic E-state index is 0.00926. The molecule has 0 rings (SSSR count). The summed E-state index contributed by atoms with van der Waals surface area (Å²) in [4.78, 5) is 16.2. The van der Waals surface area contributed by atoms with Crippen molar-refractivity contribution in [1.82, 2.24) is 4.90 Å². The molecule has 0 spiro atoms. The summed E-state index contributed by atoms with van der Waals surface area (Å²) in [6, 6.07) is 0.00926. The molecule has 0 aliphatic heterocycles. The summed E-state index contributed by atoms with van der Waals surface area (Å²) in [5, 5.41) is 0. The second kappa shape index (κ2) is 5.91. The maximum absolute atomic E-state index is 10.5. The number of amides is 1. The van der Waals surface area contributed by atoms with Gasteiger partial charge >= 0.3 is 0 Å². The molecule has 0 saturated carbocycles. The number of carbonyl (C=O) groups is 1. The van der Waals surface area contributed by atoms with Gasteiger partial charge in [-0.2, -0.15) is 0 Å². The van der Waals surface area contributed by atoms with Crippen LogP contribution in [0.3, 0.4) is 0 Å². The SMILES string of the molecule is C/N=C(\C=C(/C)Br)C(C)N(C)C=O. The van der Waals surface area contributed by atoms with Crippen LogP contribution in [0.2, 0.25) is 0 Å². The molecule has 0 aromatic rings. The van der Waals surface area contributed by atoms with Crippen LogP contribution in [-0.4, -0.2) is 37.2 Å². The van der Waals surface area contributed by atoms with Gasteiger partial charge in [-0.3, -0.25) is 9.79 Å². The Balaban J connectivity index is 4.61. The fourth-order valence-electron chi connectivity index (χ4n) is 0.876. The molecule has 4 heteroatoms. The largest absolute Gasteiger partial charge is 0.340 e. The van der Waals surface area contributed by atoms with Crippen molar-refractivity contribution in [3.63, 3.8) is 0 Å². The highest BCUT2D eigenvalue weighted by molar-refractivity contribution is 9.11. The van der Waals surface area contributed by atoms with Gasteiger partial charge in [0.2, 0.25) is 6.41 Å². The van der Waals surface area contributed by atoms with Crippen LogP contribution in [0.1, 0.15) is 13.8 Å². The van der Waals surface area contributed by atoms with Crippen LogP contribution in [0, 0.1) is 0 Å². The van der Waals surface area contributed by atoms with Crippen LogP contribution in [0.4, 0.5) is 0 Å². The molecule has 1 atom stereocenters. The molecule has 0 aliphatic rings. The van der Waals surface area contributed by atoms with E-state index in [1.54, 1.807) is 19.0 Å². The molecule has 74 valence electrons. The topological polar surface area (TPSA) is 32.7 Å². The molecule has 1 amide bonds. The van der Waals surface area contributed by atoms with Crippen LogP contribution in [0.25, 0.3) is 0 Å². The first kappa shape index (κ1) is 12.4. The highest BCUT2D eigenvalue weighted by Crippen LogP contribution is 2.06. The Kier molecular flexibility index (Phi) is 5.62. The maximum atomic E-state index is 10.5. The number of hydrogen-bond acceptors (Lipinski definition) is 2. The molecule has 0 fully saturated rings. The lowest BCUT2D eigenvalue weighted by Crippen LogP contribution is -2.34. The zero-order valence-corrected chi connectivity index (χ0v) is 10.00. The molecule has 0 aromatic carbocycles. The zero-order chi connectivity index (χ0) is 10.4. The van der Waals surface area contributed by atoms with E-state index in [0.717, 1.165) is 16.6 Å². The van der Waals surface area contributed by atoms with Gasteiger partial charge in [-0.05, 0) is 24.4 Å². The second-order valence-electron chi connectivity index (χ2n) is 2.83. The Morgan fingerprint density at radius 2 is 2.15 bits per heavy atom. The fourth-order valence-corrected chi connectivity index (χ4v) is 1.11. The van der Waals surface area contributed by atoms with E-state index in [1.807, 2.05) is 19.9 Å². The summed E-state index contributed by atoms with van der Waals surface area (Å²) >= 11 is 3.33. The van der Waals surface area contributed by atoms with E-state index >= 15 is 0 Å². The zero-order valence-electron chi connectivity index (χ0n) is 8.41. The number of allylic oxidation sites excluding steroid dienone is 1. The summed E-state index contributed by atoms with van der Waals surface area (Å²) in [5.74, 6) is 0. The van der Waals surface area contributed by atoms with Gasteiger partial charge in [0.15, 0.2) is 0 Å². The van der Waals surface area contributed by atoms with Crippen molar-refractivity contribution < 1.29 is 4.79 Å². The summed E-state index contributed by atoms with van der Waals surface area (Å²) in [6.45, 7) is 3.86. The molecule has 13 heavy (non-hydrogen) atoms. The van der Waals surface area contributed by atoms with Gasteiger partial charge in [-0.1, -0.05) is 15.9 Å². The molecule has 0 N–H and O–H groups in total. The van der Waals surface area contributed by atoms with Gasteiger partial charge in [0.05, 0.1) is 11.8 Å². The molecule has 1 unspecified atom stereocenters. The minimum atomic E-state index is 0.00926. The minimum Gasteiger partial charge on any atom is -0.340 e. The van der Waals surface area contributed by atoms with Crippen LogP contribution in [-0.2, 0) is 4.79 Å². The third-order valence-corrected chi connectivity index (χ3v) is 2.04. The van der Waals surface area contributed by atoms with E-state index in [2.05, 4.69) is 20.9 Å². The summed E-state index contributed by atoms with van der Waals surface area (Å²) < 4.78 is 0.999. The Morgan fingerprint density at radius 1 is 1.62 bits per heavy atom. The van der Waals surface area contributed by atoms with Crippen molar-refractivity contribution >= 4 is 28.1 Å². The Bertz CT molecular complexity index is 232. The lowest BCUT2D eigenvalue weighted by atomic mass is 10.1. The van der Waals surface area contributed by atoms with Gasteiger partial charge < -0.3 is 4.90 Å². The summed E-state index contributed by atoms with van der Waals surface area (Å²) in [7, 11) is 3.46. The van der Waals surface area contributed by atoms with E-state index in [0.29, 0.717) is 0 Å². The molecule has 0 radical (unpaired) electrons. The standard InChI is InChI=1S/C9H15BrN2O/c1-7(10)5-9(11-3)8(2)12(4)6-13/h5-6,8H,1-4H3/b7-5+,11-9+. The van der Waals surface area contributed by atoms with Crippen molar-refractivity contribution in [1.29, 1.82) is 0 Å². The molecule has 3 nitrogen and oxygen atoms in total. The highest BCUT2D eigenvalue weighted by atomic mass is 79.9. The van der Waals surface area contributed by atoms with Gasteiger partial charge in [0.1, 0.15) is 0 Å². The molecule has 0 aliphatic carbocycles. The van der Waals surface area contributed by atoms with Gasteiger partial charge in [0, 0.05) is 14.1 Å². The van der Waals surface area contributed by atoms with Crippen molar-refractivity contribution in [2.24, 2.45) is 4.99 Å². The van der Waals surface area contributed by atoms with Crippen LogP contribution in [0.5, 0.6) is 0 Å². The number of aliphatic imine (C=N–C) groups is 1. The quantitative estimate of drug-likeness (QED) is 0.551. The Hall–Kier alpha value is -0.640. The van der Waals surface area contributed by atoms with E-state index in [1.165, 1.54) is 0 Å². The highest BCUT2D eigenvalue weighted by Gasteiger charge is 2.11. The average molecular weight is 247 g/mol. The molecule has 0 bridgehead atoms. The first-order valence-corrected chi connectivity index (χ1v) is 4.80. The van der Waals surface area contributed by atoms with E-state index in [9.17, 15) is 4.79 Å². The lowest BCUT2D eigenvalue weighted by molar-refractivity contribution is -0.117. The number of nitrogens with zero attached hydrogens (tertiary/aromatic N) is 2.